The largest absolute Gasteiger partial charge is 0.492 e. The average molecular weight is 413 g/mol. The van der Waals surface area contributed by atoms with Gasteiger partial charge in [0.1, 0.15) is 5.65 Å². The van der Waals surface area contributed by atoms with Crippen molar-refractivity contribution in [3.8, 4) is 5.88 Å². The van der Waals surface area contributed by atoms with Gasteiger partial charge in [-0.25, -0.2) is 0 Å². The van der Waals surface area contributed by atoms with Crippen molar-refractivity contribution in [1.29, 1.82) is 0 Å². The van der Waals surface area contributed by atoms with Gasteiger partial charge in [0.2, 0.25) is 11.8 Å². The van der Waals surface area contributed by atoms with E-state index < -0.39 is 17.3 Å². The third-order valence-electron chi connectivity index (χ3n) is 5.45. The maximum absolute atomic E-state index is 13.2. The number of rotatable bonds is 7. The van der Waals surface area contributed by atoms with E-state index in [9.17, 15) is 19.5 Å². The Morgan fingerprint density at radius 3 is 2.63 bits per heavy atom. The van der Waals surface area contributed by atoms with Gasteiger partial charge in [0.15, 0.2) is 5.56 Å². The smallest absolute Gasteiger partial charge is 0.270 e. The van der Waals surface area contributed by atoms with E-state index in [1.807, 2.05) is 13.8 Å². The molecule has 0 radical (unpaired) electrons. The lowest BCUT2D eigenvalue weighted by Gasteiger charge is -2.15. The van der Waals surface area contributed by atoms with Gasteiger partial charge in [0.05, 0.1) is 6.20 Å². The molecule has 160 valence electrons. The molecule has 0 atom stereocenters. The van der Waals surface area contributed by atoms with Crippen LogP contribution in [-0.2, 0) is 11.3 Å². The molecule has 9 nitrogen and oxygen atoms in total. The van der Waals surface area contributed by atoms with Crippen molar-refractivity contribution in [3.05, 3.63) is 33.8 Å². The fourth-order valence-electron chi connectivity index (χ4n) is 3.47. The Hall–Kier alpha value is -3.10. The Morgan fingerprint density at radius 2 is 2.03 bits per heavy atom. The third-order valence-corrected chi connectivity index (χ3v) is 5.45. The van der Waals surface area contributed by atoms with Crippen molar-refractivity contribution in [3.63, 3.8) is 0 Å². The number of nitrogens with zero attached hydrogens (tertiary/aromatic N) is 4. The number of carbonyl (C=O) groups excluding carboxylic acids is 2. The predicted molar refractivity (Wildman–Crippen MR) is 111 cm³/mol. The monoisotopic (exact) mass is 413 g/mol. The van der Waals surface area contributed by atoms with E-state index in [-0.39, 0.29) is 23.4 Å². The van der Waals surface area contributed by atoms with Crippen molar-refractivity contribution < 1.29 is 14.7 Å². The van der Waals surface area contributed by atoms with E-state index in [1.165, 1.54) is 21.4 Å². The first-order valence-electron chi connectivity index (χ1n) is 10.4. The van der Waals surface area contributed by atoms with Gasteiger partial charge < -0.3 is 15.3 Å². The van der Waals surface area contributed by atoms with Crippen LogP contribution >= 0.6 is 0 Å². The number of hydrogen-bond acceptors (Lipinski definition) is 5. The minimum atomic E-state index is -0.590. The zero-order valence-corrected chi connectivity index (χ0v) is 17.5. The second kappa shape index (κ2) is 7.62. The van der Waals surface area contributed by atoms with Crippen LogP contribution in [0.25, 0.3) is 11.7 Å². The number of carbonyl (C=O) groups is 2. The number of likely N-dealkylation sites (N-methyl/N-ethyl adjacent to an activating group) is 1. The molecule has 2 aliphatic rings. The number of nitrogens with one attached hydrogen (secondary N) is 1. The molecule has 2 aromatic heterocycles. The first-order valence-corrected chi connectivity index (χ1v) is 10.4. The SMILES string of the molecule is CC(C)Cn1c(=O)c(C(=O)NC2CC2)c(O)n2ncc(/C=C/C(=O)N(C)C3CC3)c12. The molecule has 2 fully saturated rings. The summed E-state index contributed by atoms with van der Waals surface area (Å²) in [4.78, 5) is 39.8. The number of aromatic nitrogens is 3. The quantitative estimate of drug-likeness (QED) is 0.667. The van der Waals surface area contributed by atoms with Gasteiger partial charge in [-0.2, -0.15) is 9.61 Å². The van der Waals surface area contributed by atoms with Crippen LogP contribution in [0.5, 0.6) is 5.88 Å². The summed E-state index contributed by atoms with van der Waals surface area (Å²) >= 11 is 0. The van der Waals surface area contributed by atoms with E-state index in [1.54, 1.807) is 18.0 Å². The Labute approximate surface area is 174 Å². The number of hydrogen-bond donors (Lipinski definition) is 2. The molecule has 0 unspecified atom stereocenters. The lowest BCUT2D eigenvalue weighted by atomic mass is 10.2. The zero-order valence-electron chi connectivity index (χ0n) is 17.5. The van der Waals surface area contributed by atoms with E-state index in [2.05, 4.69) is 10.4 Å². The van der Waals surface area contributed by atoms with Gasteiger partial charge in [0, 0.05) is 37.3 Å². The molecule has 2 aromatic rings. The van der Waals surface area contributed by atoms with Crippen LogP contribution in [0, 0.1) is 5.92 Å². The number of amides is 2. The van der Waals surface area contributed by atoms with Gasteiger partial charge in [-0.3, -0.25) is 19.0 Å². The molecule has 0 bridgehead atoms. The maximum atomic E-state index is 13.2. The van der Waals surface area contributed by atoms with E-state index in [0.717, 1.165) is 25.7 Å². The van der Waals surface area contributed by atoms with Crippen LogP contribution in [0.1, 0.15) is 55.5 Å². The van der Waals surface area contributed by atoms with Crippen LogP contribution < -0.4 is 10.9 Å². The average Bonchev–Trinajstić information content (AvgIpc) is 3.61. The Balaban J connectivity index is 1.78. The second-order valence-corrected chi connectivity index (χ2v) is 8.60. The van der Waals surface area contributed by atoms with Crippen LogP contribution in [0.3, 0.4) is 0 Å². The Bertz CT molecular complexity index is 1090. The van der Waals surface area contributed by atoms with Gasteiger partial charge in [-0.1, -0.05) is 13.8 Å². The Kier molecular flexibility index (Phi) is 5.13. The van der Waals surface area contributed by atoms with Crippen LogP contribution in [0.15, 0.2) is 17.1 Å². The summed E-state index contributed by atoms with van der Waals surface area (Å²) in [6.45, 7) is 4.26. The molecule has 2 N–H and O–H groups in total. The predicted octanol–water partition coefficient (Wildman–Crippen LogP) is 1.38. The fraction of sp³-hybridized carbons (Fsp3) is 0.524. The van der Waals surface area contributed by atoms with Crippen molar-refractivity contribution in [1.82, 2.24) is 24.4 Å². The van der Waals surface area contributed by atoms with E-state index in [0.29, 0.717) is 23.8 Å². The molecule has 2 heterocycles. The highest BCUT2D eigenvalue weighted by molar-refractivity contribution is 5.97. The number of fused-ring (bicyclic) bond motifs is 1. The maximum Gasteiger partial charge on any atom is 0.270 e. The first-order chi connectivity index (χ1) is 14.3. The zero-order chi connectivity index (χ0) is 21.6. The van der Waals surface area contributed by atoms with Crippen molar-refractivity contribution in [2.75, 3.05) is 7.05 Å². The highest BCUT2D eigenvalue weighted by atomic mass is 16.3. The summed E-state index contributed by atoms with van der Waals surface area (Å²) in [5.41, 5.74) is 0.00342. The summed E-state index contributed by atoms with van der Waals surface area (Å²) in [6, 6.07) is 0.345. The number of aromatic hydroxyl groups is 1. The minimum absolute atomic E-state index is 0.0520. The van der Waals surface area contributed by atoms with Crippen LogP contribution in [-0.4, -0.2) is 55.1 Å². The van der Waals surface area contributed by atoms with Gasteiger partial charge in [-0.05, 0) is 37.7 Å². The van der Waals surface area contributed by atoms with E-state index in [4.69, 9.17) is 0 Å². The standard InChI is InChI=1S/C21H27N5O4/c1-12(2)11-25-19-13(4-9-16(27)24(3)15-7-8-15)10-22-26(19)21(30)17(20(25)29)18(28)23-14-5-6-14/h4,9-10,12,14-15,30H,5-8,11H2,1-3H3,(H,23,28)/b9-4+. The summed E-state index contributed by atoms with van der Waals surface area (Å²) in [5.74, 6) is -1.09. The second-order valence-electron chi connectivity index (χ2n) is 8.60. The molecule has 9 heteroatoms. The normalized spacial score (nSPS) is 16.5. The van der Waals surface area contributed by atoms with Crippen LogP contribution in [0.4, 0.5) is 0 Å². The minimum Gasteiger partial charge on any atom is -0.492 e. The molecule has 0 aliphatic heterocycles. The summed E-state index contributed by atoms with van der Waals surface area (Å²) in [7, 11) is 1.77. The molecule has 4 rings (SSSR count). The lowest BCUT2D eigenvalue weighted by Crippen LogP contribution is -2.36. The van der Waals surface area contributed by atoms with Crippen LogP contribution in [0.2, 0.25) is 0 Å². The highest BCUT2D eigenvalue weighted by Gasteiger charge is 2.30. The topological polar surface area (TPSA) is 109 Å². The lowest BCUT2D eigenvalue weighted by molar-refractivity contribution is -0.125. The van der Waals surface area contributed by atoms with Gasteiger partial charge in [-0.15, -0.1) is 0 Å². The molecular weight excluding hydrogens is 386 g/mol. The Morgan fingerprint density at radius 1 is 1.33 bits per heavy atom. The summed E-state index contributed by atoms with van der Waals surface area (Å²) < 4.78 is 2.65. The molecule has 2 amide bonds. The van der Waals surface area contributed by atoms with Crippen molar-refractivity contribution in [2.45, 2.75) is 58.2 Å². The fourth-order valence-corrected chi connectivity index (χ4v) is 3.47. The first kappa shape index (κ1) is 20.2. The third kappa shape index (κ3) is 3.83. The summed E-state index contributed by atoms with van der Waals surface area (Å²) in [5, 5.41) is 17.6. The molecule has 0 spiro atoms. The molecule has 2 aliphatic carbocycles. The summed E-state index contributed by atoms with van der Waals surface area (Å²) in [6.07, 6.45) is 8.30. The van der Waals surface area contributed by atoms with Crippen molar-refractivity contribution in [2.24, 2.45) is 5.92 Å². The van der Waals surface area contributed by atoms with E-state index >= 15 is 0 Å². The highest BCUT2D eigenvalue weighted by Crippen LogP contribution is 2.26. The van der Waals surface area contributed by atoms with Gasteiger partial charge >= 0.3 is 0 Å². The molecular formula is C21H27N5O4. The molecule has 0 saturated heterocycles. The molecule has 0 aromatic carbocycles. The molecule has 2 saturated carbocycles. The molecule has 30 heavy (non-hydrogen) atoms. The van der Waals surface area contributed by atoms with Gasteiger partial charge in [0.25, 0.3) is 11.5 Å². The van der Waals surface area contributed by atoms with Crippen molar-refractivity contribution >= 4 is 23.5 Å².